The van der Waals surface area contributed by atoms with Gasteiger partial charge in [0.25, 0.3) is 0 Å². The van der Waals surface area contributed by atoms with Crippen LogP contribution in [0.15, 0.2) is 78.9 Å². The van der Waals surface area contributed by atoms with E-state index < -0.39 is 5.97 Å². The van der Waals surface area contributed by atoms with Crippen molar-refractivity contribution in [1.82, 2.24) is 0 Å². The zero-order valence-corrected chi connectivity index (χ0v) is 17.7. The first-order valence-electron chi connectivity index (χ1n) is 9.84. The number of benzene rings is 3. The van der Waals surface area contributed by atoms with Crippen molar-refractivity contribution in [2.24, 2.45) is 0 Å². The largest absolute Gasteiger partial charge is 0.352 e. The van der Waals surface area contributed by atoms with Crippen molar-refractivity contribution in [2.45, 2.75) is 45.4 Å². The number of hydrogen-bond acceptors (Lipinski definition) is 3. The van der Waals surface area contributed by atoms with E-state index in [1.807, 2.05) is 36.4 Å². The monoisotopic (exact) mass is 388 g/mol. The molecule has 3 aromatic carbocycles. The van der Waals surface area contributed by atoms with Crippen LogP contribution in [-0.2, 0) is 20.5 Å². The van der Waals surface area contributed by atoms with Crippen LogP contribution in [0, 0.1) is 0 Å². The molecule has 0 amide bonds. The molecule has 0 atom stereocenters. The average Bonchev–Trinajstić information content (AvgIpc) is 2.73. The van der Waals surface area contributed by atoms with Gasteiger partial charge in [0.05, 0.1) is 0 Å². The van der Waals surface area contributed by atoms with Gasteiger partial charge >= 0.3 is 5.97 Å². The molecule has 3 heteroatoms. The van der Waals surface area contributed by atoms with Gasteiger partial charge in [0.15, 0.2) is 5.75 Å². The van der Waals surface area contributed by atoms with E-state index in [1.54, 1.807) is 0 Å². The summed E-state index contributed by atoms with van der Waals surface area (Å²) in [5.74, 6) is 0.0664. The molecule has 0 unspecified atom stereocenters. The van der Waals surface area contributed by atoms with Crippen LogP contribution in [-0.4, -0.2) is 5.97 Å². The minimum atomic E-state index is -0.485. The molecule has 29 heavy (non-hydrogen) atoms. The Kier molecular flexibility index (Phi) is 5.78. The van der Waals surface area contributed by atoms with Crippen LogP contribution < -0.4 is 4.89 Å². The Labute approximate surface area is 173 Å². The summed E-state index contributed by atoms with van der Waals surface area (Å²) in [7, 11) is 0. The third kappa shape index (κ3) is 4.19. The van der Waals surface area contributed by atoms with Gasteiger partial charge in [-0.2, -0.15) is 0 Å². The lowest BCUT2D eigenvalue weighted by Crippen LogP contribution is -2.29. The van der Waals surface area contributed by atoms with Crippen molar-refractivity contribution >= 4 is 5.97 Å². The molecule has 0 aromatic heterocycles. The Hall–Kier alpha value is -3.07. The molecule has 0 saturated carbocycles. The summed E-state index contributed by atoms with van der Waals surface area (Å²) in [5, 5.41) is 0. The van der Waals surface area contributed by atoms with E-state index in [4.69, 9.17) is 9.78 Å². The molecule has 0 aliphatic rings. The predicted molar refractivity (Wildman–Crippen MR) is 116 cm³/mol. The van der Waals surface area contributed by atoms with Crippen molar-refractivity contribution in [3.63, 3.8) is 0 Å². The Bertz CT molecular complexity index is 973. The van der Waals surface area contributed by atoms with Crippen molar-refractivity contribution in [1.29, 1.82) is 0 Å². The van der Waals surface area contributed by atoms with E-state index in [1.165, 1.54) is 12.5 Å². The predicted octanol–water partition coefficient (Wildman–Crippen LogP) is 6.20. The van der Waals surface area contributed by atoms with E-state index in [0.717, 1.165) is 16.7 Å². The zero-order valence-electron chi connectivity index (χ0n) is 17.7. The first-order chi connectivity index (χ1) is 13.7. The van der Waals surface area contributed by atoms with E-state index in [9.17, 15) is 4.79 Å². The lowest BCUT2D eigenvalue weighted by molar-refractivity contribution is -0.211. The van der Waals surface area contributed by atoms with E-state index in [2.05, 4.69) is 70.2 Å². The number of carbonyl (C=O) groups excluding carboxylic acids is 1. The molecule has 0 heterocycles. The topological polar surface area (TPSA) is 35.5 Å². The van der Waals surface area contributed by atoms with Gasteiger partial charge in [-0.05, 0) is 22.8 Å². The summed E-state index contributed by atoms with van der Waals surface area (Å²) in [6, 6.07) is 26.6. The highest BCUT2D eigenvalue weighted by Gasteiger charge is 2.36. The van der Waals surface area contributed by atoms with Crippen LogP contribution in [0.5, 0.6) is 5.75 Å². The molecule has 150 valence electrons. The van der Waals surface area contributed by atoms with Crippen molar-refractivity contribution in [2.75, 3.05) is 0 Å². The van der Waals surface area contributed by atoms with Gasteiger partial charge in [-0.15, -0.1) is 0 Å². The van der Waals surface area contributed by atoms with Gasteiger partial charge in [0.2, 0.25) is 0 Å². The van der Waals surface area contributed by atoms with Crippen LogP contribution in [0.4, 0.5) is 0 Å². The molecular formula is C26H28O3. The minimum absolute atomic E-state index is 0.280. The van der Waals surface area contributed by atoms with E-state index in [-0.39, 0.29) is 10.8 Å². The number of hydrogen-bond donors (Lipinski definition) is 0. The normalized spacial score (nSPS) is 11.8. The summed E-state index contributed by atoms with van der Waals surface area (Å²) < 4.78 is 0. The molecule has 3 rings (SSSR count). The highest BCUT2D eigenvalue weighted by Crippen LogP contribution is 2.45. The molecule has 0 aliphatic carbocycles. The lowest BCUT2D eigenvalue weighted by Gasteiger charge is -2.36. The van der Waals surface area contributed by atoms with Crippen LogP contribution in [0.3, 0.4) is 0 Å². The van der Waals surface area contributed by atoms with Gasteiger partial charge in [-0.1, -0.05) is 100 Å². The maximum absolute atomic E-state index is 11.4. The first kappa shape index (κ1) is 20.7. The molecule has 0 fully saturated rings. The lowest BCUT2D eigenvalue weighted by atomic mass is 9.68. The second kappa shape index (κ2) is 8.12. The maximum Gasteiger partial charge on any atom is 0.352 e. The fourth-order valence-corrected chi connectivity index (χ4v) is 3.88. The zero-order chi connectivity index (χ0) is 21.1. The SMILES string of the molecule is CC(=O)OOc1cccc(C(C)(C)c2ccccc2)c1C(C)(C)c1ccccc1. The summed E-state index contributed by atoms with van der Waals surface area (Å²) >= 11 is 0. The van der Waals surface area contributed by atoms with Gasteiger partial charge in [-0.3, -0.25) is 9.78 Å². The van der Waals surface area contributed by atoms with Crippen molar-refractivity contribution in [3.05, 3.63) is 101 Å². The molecule has 0 N–H and O–H groups in total. The maximum atomic E-state index is 11.4. The summed E-state index contributed by atoms with van der Waals surface area (Å²) in [6.45, 7) is 10.1. The molecule has 0 bridgehead atoms. The van der Waals surface area contributed by atoms with Crippen molar-refractivity contribution in [3.8, 4) is 5.75 Å². The van der Waals surface area contributed by atoms with E-state index in [0.29, 0.717) is 5.75 Å². The molecule has 3 aromatic rings. The van der Waals surface area contributed by atoms with Gasteiger partial charge in [-0.25, -0.2) is 4.79 Å². The fourth-order valence-electron chi connectivity index (χ4n) is 3.88. The third-order valence-corrected chi connectivity index (χ3v) is 5.56. The molecule has 0 spiro atoms. The number of carbonyl (C=O) groups is 1. The van der Waals surface area contributed by atoms with Gasteiger partial charge in [0, 0.05) is 23.3 Å². The molecule has 0 saturated heterocycles. The molecule has 3 nitrogen and oxygen atoms in total. The highest BCUT2D eigenvalue weighted by molar-refractivity contribution is 5.65. The van der Waals surface area contributed by atoms with Gasteiger partial charge < -0.3 is 0 Å². The van der Waals surface area contributed by atoms with Gasteiger partial charge in [0.1, 0.15) is 0 Å². The fraction of sp³-hybridized carbons (Fsp3) is 0.269. The second-order valence-corrected chi connectivity index (χ2v) is 8.32. The Morgan fingerprint density at radius 3 is 1.72 bits per heavy atom. The van der Waals surface area contributed by atoms with E-state index >= 15 is 0 Å². The third-order valence-electron chi connectivity index (χ3n) is 5.56. The Balaban J connectivity index is 2.24. The summed E-state index contributed by atoms with van der Waals surface area (Å²) in [5.41, 5.74) is 3.83. The summed E-state index contributed by atoms with van der Waals surface area (Å²) in [4.78, 5) is 21.9. The first-order valence-corrected chi connectivity index (χ1v) is 9.84. The second-order valence-electron chi connectivity index (χ2n) is 8.32. The van der Waals surface area contributed by atoms with Crippen LogP contribution in [0.1, 0.15) is 56.9 Å². The van der Waals surface area contributed by atoms with Crippen LogP contribution >= 0.6 is 0 Å². The minimum Gasteiger partial charge on any atom is -0.287 e. The Morgan fingerprint density at radius 2 is 1.21 bits per heavy atom. The molecule has 0 aliphatic heterocycles. The standard InChI is InChI=1S/C26H28O3/c1-19(27)28-29-23-18-12-17-22(25(2,3)20-13-8-6-9-14-20)24(23)26(4,5)21-15-10-7-11-16-21/h6-18H,1-5H3. The Morgan fingerprint density at radius 1 is 0.690 bits per heavy atom. The average molecular weight is 389 g/mol. The van der Waals surface area contributed by atoms with Crippen LogP contribution in [0.25, 0.3) is 0 Å². The molecular weight excluding hydrogens is 360 g/mol. The number of rotatable bonds is 6. The highest BCUT2D eigenvalue weighted by atomic mass is 17.2. The summed E-state index contributed by atoms with van der Waals surface area (Å²) in [6.07, 6.45) is 0. The van der Waals surface area contributed by atoms with Crippen molar-refractivity contribution < 1.29 is 14.6 Å². The molecule has 0 radical (unpaired) electrons. The quantitative estimate of drug-likeness (QED) is 0.373. The van der Waals surface area contributed by atoms with Crippen LogP contribution in [0.2, 0.25) is 0 Å². The smallest absolute Gasteiger partial charge is 0.287 e.